The number of hydrogen-bond donors (Lipinski definition) is 1. The predicted molar refractivity (Wildman–Crippen MR) is 64.9 cm³/mol. The zero-order valence-corrected chi connectivity index (χ0v) is 10.9. The van der Waals surface area contributed by atoms with Crippen molar-refractivity contribution in [3.63, 3.8) is 0 Å². The van der Waals surface area contributed by atoms with Crippen molar-refractivity contribution in [3.8, 4) is 0 Å². The van der Waals surface area contributed by atoms with Gasteiger partial charge >= 0.3 is 0 Å². The van der Waals surface area contributed by atoms with Crippen LogP contribution in [0.5, 0.6) is 0 Å². The van der Waals surface area contributed by atoms with Crippen LogP contribution in [0.1, 0.15) is 41.0 Å². The fraction of sp³-hybridized carbons (Fsp3) is 0.917. The van der Waals surface area contributed by atoms with Gasteiger partial charge in [0.25, 0.3) is 0 Å². The molecule has 0 aromatic rings. The monoisotopic (exact) mass is 214 g/mol. The Hall–Kier alpha value is -0.570. The van der Waals surface area contributed by atoms with Crippen LogP contribution in [-0.2, 0) is 4.79 Å². The molecule has 0 bridgehead atoms. The van der Waals surface area contributed by atoms with Gasteiger partial charge in [-0.15, -0.1) is 0 Å². The average Bonchev–Trinajstić information content (AvgIpc) is 2.20. The maximum atomic E-state index is 11.7. The summed E-state index contributed by atoms with van der Waals surface area (Å²) >= 11 is 0. The second kappa shape index (κ2) is 6.83. The Labute approximate surface area is 94.2 Å². The fourth-order valence-electron chi connectivity index (χ4n) is 1.48. The van der Waals surface area contributed by atoms with Crippen molar-refractivity contribution in [3.05, 3.63) is 0 Å². The van der Waals surface area contributed by atoms with E-state index in [0.29, 0.717) is 12.3 Å². The molecule has 3 heteroatoms. The van der Waals surface area contributed by atoms with E-state index in [9.17, 15) is 4.79 Å². The van der Waals surface area contributed by atoms with Crippen LogP contribution in [0, 0.1) is 5.41 Å². The van der Waals surface area contributed by atoms with Crippen molar-refractivity contribution < 1.29 is 4.79 Å². The lowest BCUT2D eigenvalue weighted by Gasteiger charge is -2.30. The highest BCUT2D eigenvalue weighted by atomic mass is 16.2. The normalized spacial score (nSPS) is 16.7. The van der Waals surface area contributed by atoms with E-state index in [-0.39, 0.29) is 5.41 Å². The van der Waals surface area contributed by atoms with E-state index in [2.05, 4.69) is 26.1 Å². The third-order valence-electron chi connectivity index (χ3n) is 2.15. The molecule has 15 heavy (non-hydrogen) atoms. The van der Waals surface area contributed by atoms with Crippen LogP contribution in [0.2, 0.25) is 0 Å². The molecule has 0 aliphatic carbocycles. The SMILES string of the molecule is CC.CC(C)(C)CC(=O)N1CCNCC1. The fourth-order valence-corrected chi connectivity index (χ4v) is 1.48. The molecule has 0 saturated carbocycles. The Kier molecular flexibility index (Phi) is 6.57. The van der Waals surface area contributed by atoms with E-state index in [0.717, 1.165) is 26.2 Å². The molecule has 90 valence electrons. The Balaban J connectivity index is 0.000000921. The predicted octanol–water partition coefficient (Wildman–Crippen LogP) is 1.88. The van der Waals surface area contributed by atoms with E-state index < -0.39 is 0 Å². The van der Waals surface area contributed by atoms with Gasteiger partial charge in [0.15, 0.2) is 0 Å². The molecule has 1 aliphatic heterocycles. The van der Waals surface area contributed by atoms with Crippen molar-refractivity contribution in [1.29, 1.82) is 0 Å². The first-order valence-electron chi connectivity index (χ1n) is 5.97. The summed E-state index contributed by atoms with van der Waals surface area (Å²) in [4.78, 5) is 13.7. The van der Waals surface area contributed by atoms with Crippen molar-refractivity contribution in [2.45, 2.75) is 41.0 Å². The molecule has 0 aromatic carbocycles. The van der Waals surface area contributed by atoms with Crippen LogP contribution in [0.4, 0.5) is 0 Å². The van der Waals surface area contributed by atoms with E-state index >= 15 is 0 Å². The quantitative estimate of drug-likeness (QED) is 0.723. The van der Waals surface area contributed by atoms with Gasteiger partial charge in [-0.2, -0.15) is 0 Å². The molecule has 1 heterocycles. The summed E-state index contributed by atoms with van der Waals surface area (Å²) in [5.74, 6) is 0.300. The summed E-state index contributed by atoms with van der Waals surface area (Å²) in [6.45, 7) is 13.9. The zero-order valence-electron chi connectivity index (χ0n) is 10.9. The van der Waals surface area contributed by atoms with Crippen LogP contribution >= 0.6 is 0 Å². The summed E-state index contributed by atoms with van der Waals surface area (Å²) in [5.41, 5.74) is 0.113. The van der Waals surface area contributed by atoms with Gasteiger partial charge in [0.2, 0.25) is 5.91 Å². The number of hydrogen-bond acceptors (Lipinski definition) is 2. The minimum atomic E-state index is 0.113. The molecule has 1 fully saturated rings. The lowest BCUT2D eigenvalue weighted by molar-refractivity contribution is -0.133. The summed E-state index contributed by atoms with van der Waals surface area (Å²) < 4.78 is 0. The number of piperazine rings is 1. The minimum absolute atomic E-state index is 0.113. The summed E-state index contributed by atoms with van der Waals surface area (Å²) in [6.07, 6.45) is 0.660. The van der Waals surface area contributed by atoms with Crippen molar-refractivity contribution in [1.82, 2.24) is 10.2 Å². The van der Waals surface area contributed by atoms with E-state index in [1.54, 1.807) is 0 Å². The molecule has 1 rings (SSSR count). The van der Waals surface area contributed by atoms with Gasteiger partial charge in [0, 0.05) is 32.6 Å². The Morgan fingerprint density at radius 3 is 2.07 bits per heavy atom. The van der Waals surface area contributed by atoms with E-state index in [1.807, 2.05) is 18.7 Å². The minimum Gasteiger partial charge on any atom is -0.340 e. The molecular weight excluding hydrogens is 188 g/mol. The molecule has 0 unspecified atom stereocenters. The second-order valence-electron chi connectivity index (χ2n) is 4.87. The van der Waals surface area contributed by atoms with Gasteiger partial charge in [-0.05, 0) is 5.41 Å². The first-order valence-corrected chi connectivity index (χ1v) is 5.97. The Morgan fingerprint density at radius 2 is 1.67 bits per heavy atom. The van der Waals surface area contributed by atoms with Crippen LogP contribution in [-0.4, -0.2) is 37.0 Å². The molecule has 1 saturated heterocycles. The molecule has 3 nitrogen and oxygen atoms in total. The molecule has 0 spiro atoms. The van der Waals surface area contributed by atoms with Crippen molar-refractivity contribution >= 4 is 5.91 Å². The summed E-state index contributed by atoms with van der Waals surface area (Å²) in [6, 6.07) is 0. The third-order valence-corrected chi connectivity index (χ3v) is 2.15. The lowest BCUT2D eigenvalue weighted by Crippen LogP contribution is -2.47. The number of nitrogens with zero attached hydrogens (tertiary/aromatic N) is 1. The second-order valence-corrected chi connectivity index (χ2v) is 4.87. The number of rotatable bonds is 1. The topological polar surface area (TPSA) is 32.3 Å². The van der Waals surface area contributed by atoms with Crippen molar-refractivity contribution in [2.24, 2.45) is 5.41 Å². The standard InChI is InChI=1S/C10H20N2O.C2H6/c1-10(2,3)8-9(13)12-6-4-11-5-7-12;1-2/h11H,4-8H2,1-3H3;1-2H3. The number of carbonyl (C=O) groups is 1. The van der Waals surface area contributed by atoms with Gasteiger partial charge in [-0.3, -0.25) is 4.79 Å². The summed E-state index contributed by atoms with van der Waals surface area (Å²) in [7, 11) is 0. The highest BCUT2D eigenvalue weighted by Gasteiger charge is 2.21. The molecule has 1 N–H and O–H groups in total. The summed E-state index contributed by atoms with van der Waals surface area (Å²) in [5, 5.41) is 3.24. The van der Waals surface area contributed by atoms with Gasteiger partial charge in [-0.1, -0.05) is 34.6 Å². The molecular formula is C12H26N2O. The number of amides is 1. The van der Waals surface area contributed by atoms with Gasteiger partial charge in [-0.25, -0.2) is 0 Å². The van der Waals surface area contributed by atoms with Crippen LogP contribution in [0.3, 0.4) is 0 Å². The van der Waals surface area contributed by atoms with E-state index in [1.165, 1.54) is 0 Å². The van der Waals surface area contributed by atoms with Gasteiger partial charge < -0.3 is 10.2 Å². The molecule has 0 aromatic heterocycles. The molecule has 0 radical (unpaired) electrons. The first-order chi connectivity index (χ1) is 6.99. The molecule has 0 atom stereocenters. The first kappa shape index (κ1) is 14.4. The van der Waals surface area contributed by atoms with Gasteiger partial charge in [0.1, 0.15) is 0 Å². The number of carbonyl (C=O) groups excluding carboxylic acids is 1. The highest BCUT2D eigenvalue weighted by molar-refractivity contribution is 5.76. The Morgan fingerprint density at radius 1 is 1.20 bits per heavy atom. The maximum absolute atomic E-state index is 11.7. The highest BCUT2D eigenvalue weighted by Crippen LogP contribution is 2.19. The lowest BCUT2D eigenvalue weighted by atomic mass is 9.91. The third kappa shape index (κ3) is 6.50. The molecule has 1 amide bonds. The number of nitrogens with one attached hydrogen (secondary N) is 1. The average molecular weight is 214 g/mol. The maximum Gasteiger partial charge on any atom is 0.223 e. The molecule has 1 aliphatic rings. The zero-order chi connectivity index (χ0) is 11.9. The largest absolute Gasteiger partial charge is 0.340 e. The van der Waals surface area contributed by atoms with Crippen LogP contribution in [0.15, 0.2) is 0 Å². The van der Waals surface area contributed by atoms with Gasteiger partial charge in [0.05, 0.1) is 0 Å². The van der Waals surface area contributed by atoms with Crippen LogP contribution in [0.25, 0.3) is 0 Å². The van der Waals surface area contributed by atoms with Crippen molar-refractivity contribution in [2.75, 3.05) is 26.2 Å². The Bertz CT molecular complexity index is 179. The smallest absolute Gasteiger partial charge is 0.223 e. The van der Waals surface area contributed by atoms with E-state index in [4.69, 9.17) is 0 Å². The van der Waals surface area contributed by atoms with Crippen LogP contribution < -0.4 is 5.32 Å².